The number of hydrogen-bond donors (Lipinski definition) is 2. The molecule has 0 spiro atoms. The van der Waals surface area contributed by atoms with Crippen LogP contribution < -0.4 is 10.6 Å². The van der Waals surface area contributed by atoms with Crippen molar-refractivity contribution < 1.29 is 4.79 Å². The van der Waals surface area contributed by atoms with E-state index in [0.717, 1.165) is 45.3 Å². The topological polar surface area (TPSA) is 41.1 Å². The van der Waals surface area contributed by atoms with Crippen LogP contribution in [0.2, 0.25) is 0 Å². The molecule has 0 atom stereocenters. The van der Waals surface area contributed by atoms with Crippen LogP contribution in [0.1, 0.15) is 58.3 Å². The van der Waals surface area contributed by atoms with Gasteiger partial charge in [0.25, 0.3) is 0 Å². The molecule has 3 heteroatoms. The lowest BCUT2D eigenvalue weighted by Gasteiger charge is -2.35. The van der Waals surface area contributed by atoms with E-state index in [1.165, 1.54) is 25.7 Å². The maximum Gasteiger partial charge on any atom is 0.226 e. The second-order valence-corrected chi connectivity index (χ2v) is 6.00. The van der Waals surface area contributed by atoms with E-state index < -0.39 is 0 Å². The minimum absolute atomic E-state index is 0.105. The summed E-state index contributed by atoms with van der Waals surface area (Å²) in [6, 6.07) is 0. The van der Waals surface area contributed by atoms with Crippen LogP contribution in [0, 0.1) is 5.41 Å². The molecular weight excluding hydrogens is 236 g/mol. The molecule has 1 saturated heterocycles. The zero-order chi connectivity index (χ0) is 13.6. The van der Waals surface area contributed by atoms with Gasteiger partial charge >= 0.3 is 0 Å². The van der Waals surface area contributed by atoms with Crippen molar-refractivity contribution in [2.24, 2.45) is 5.41 Å². The molecule has 108 valence electrons. The Kier molecular flexibility index (Phi) is 5.44. The normalized spacial score (nSPS) is 22.7. The van der Waals surface area contributed by atoms with Gasteiger partial charge in [0, 0.05) is 6.54 Å². The van der Waals surface area contributed by atoms with Crippen LogP contribution >= 0.6 is 0 Å². The predicted molar refractivity (Wildman–Crippen MR) is 79.0 cm³/mol. The van der Waals surface area contributed by atoms with Gasteiger partial charge in [-0.15, -0.1) is 0 Å². The van der Waals surface area contributed by atoms with E-state index in [1.54, 1.807) is 5.57 Å². The first kappa shape index (κ1) is 14.6. The first-order chi connectivity index (χ1) is 9.27. The molecule has 1 amide bonds. The minimum Gasteiger partial charge on any atom is -0.355 e. The molecule has 0 bridgehead atoms. The van der Waals surface area contributed by atoms with E-state index in [-0.39, 0.29) is 11.3 Å². The highest BCUT2D eigenvalue weighted by atomic mass is 16.2. The van der Waals surface area contributed by atoms with E-state index in [0.29, 0.717) is 0 Å². The van der Waals surface area contributed by atoms with E-state index in [1.807, 2.05) is 0 Å². The summed E-state index contributed by atoms with van der Waals surface area (Å²) in [4.78, 5) is 12.4. The van der Waals surface area contributed by atoms with Crippen molar-refractivity contribution in [3.63, 3.8) is 0 Å². The molecule has 2 aliphatic rings. The second-order valence-electron chi connectivity index (χ2n) is 6.00. The third-order valence-corrected chi connectivity index (χ3v) is 4.84. The standard InChI is InChI=1S/C16H28N2O/c1-2-16(9-12-17-13-10-16)15(19)18-11-8-14-6-4-3-5-7-14/h6,17H,2-5,7-13H2,1H3,(H,18,19). The molecule has 1 aliphatic heterocycles. The quantitative estimate of drug-likeness (QED) is 0.750. The minimum atomic E-state index is -0.105. The molecule has 0 radical (unpaired) electrons. The summed E-state index contributed by atoms with van der Waals surface area (Å²) in [5.41, 5.74) is 1.44. The van der Waals surface area contributed by atoms with Crippen LogP contribution in [0.4, 0.5) is 0 Å². The molecule has 0 unspecified atom stereocenters. The number of piperidine rings is 1. The number of carbonyl (C=O) groups excluding carboxylic acids is 1. The second kappa shape index (κ2) is 7.09. The molecular formula is C16H28N2O. The highest BCUT2D eigenvalue weighted by molar-refractivity contribution is 5.82. The number of hydrogen-bond acceptors (Lipinski definition) is 2. The largest absolute Gasteiger partial charge is 0.355 e. The van der Waals surface area contributed by atoms with Gasteiger partial charge in [0.1, 0.15) is 0 Å². The first-order valence-electron chi connectivity index (χ1n) is 7.94. The molecule has 2 rings (SSSR count). The van der Waals surface area contributed by atoms with Crippen molar-refractivity contribution in [3.8, 4) is 0 Å². The lowest BCUT2D eigenvalue weighted by Crippen LogP contribution is -2.47. The van der Waals surface area contributed by atoms with Gasteiger partial charge < -0.3 is 10.6 Å². The summed E-state index contributed by atoms with van der Waals surface area (Å²) in [6.07, 6.45) is 11.5. The summed E-state index contributed by atoms with van der Waals surface area (Å²) in [6.45, 7) is 4.92. The monoisotopic (exact) mass is 264 g/mol. The molecule has 0 aromatic heterocycles. The van der Waals surface area contributed by atoms with E-state index >= 15 is 0 Å². The third-order valence-electron chi connectivity index (χ3n) is 4.84. The van der Waals surface area contributed by atoms with Gasteiger partial charge in [-0.25, -0.2) is 0 Å². The van der Waals surface area contributed by atoms with Gasteiger partial charge in [-0.3, -0.25) is 4.79 Å². The van der Waals surface area contributed by atoms with Crippen molar-refractivity contribution >= 4 is 5.91 Å². The van der Waals surface area contributed by atoms with E-state index in [2.05, 4.69) is 23.6 Å². The van der Waals surface area contributed by atoms with Crippen molar-refractivity contribution in [1.82, 2.24) is 10.6 Å². The van der Waals surface area contributed by atoms with Crippen LogP contribution in [0.15, 0.2) is 11.6 Å². The Morgan fingerprint density at radius 2 is 2.16 bits per heavy atom. The summed E-state index contributed by atoms with van der Waals surface area (Å²) in [5.74, 6) is 0.285. The van der Waals surface area contributed by atoms with Crippen molar-refractivity contribution in [1.29, 1.82) is 0 Å². The molecule has 1 fully saturated rings. The summed E-state index contributed by atoms with van der Waals surface area (Å²) >= 11 is 0. The highest BCUT2D eigenvalue weighted by Gasteiger charge is 2.37. The maximum atomic E-state index is 12.4. The molecule has 0 aromatic carbocycles. The Morgan fingerprint density at radius 3 is 2.79 bits per heavy atom. The summed E-state index contributed by atoms with van der Waals surface area (Å²) in [7, 11) is 0. The van der Waals surface area contributed by atoms with Gasteiger partial charge in [0.2, 0.25) is 5.91 Å². The number of amides is 1. The zero-order valence-corrected chi connectivity index (χ0v) is 12.3. The molecule has 1 aliphatic carbocycles. The average Bonchev–Trinajstić information content (AvgIpc) is 2.49. The fourth-order valence-electron chi connectivity index (χ4n) is 3.30. The van der Waals surface area contributed by atoms with Gasteiger partial charge in [-0.05, 0) is 64.5 Å². The Morgan fingerprint density at radius 1 is 1.37 bits per heavy atom. The van der Waals surface area contributed by atoms with Crippen molar-refractivity contribution in [3.05, 3.63) is 11.6 Å². The summed E-state index contributed by atoms with van der Waals surface area (Å²) < 4.78 is 0. The van der Waals surface area contributed by atoms with Crippen molar-refractivity contribution in [2.45, 2.75) is 58.3 Å². The number of allylic oxidation sites excluding steroid dienone is 1. The summed E-state index contributed by atoms with van der Waals surface area (Å²) in [5, 5.41) is 6.53. The maximum absolute atomic E-state index is 12.4. The number of carbonyl (C=O) groups is 1. The van der Waals surface area contributed by atoms with Crippen LogP contribution in [0.25, 0.3) is 0 Å². The molecule has 0 saturated carbocycles. The van der Waals surface area contributed by atoms with Gasteiger partial charge in [0.15, 0.2) is 0 Å². The van der Waals surface area contributed by atoms with Crippen LogP contribution in [-0.4, -0.2) is 25.5 Å². The fraction of sp³-hybridized carbons (Fsp3) is 0.812. The number of nitrogens with one attached hydrogen (secondary N) is 2. The van der Waals surface area contributed by atoms with Crippen LogP contribution in [-0.2, 0) is 4.79 Å². The Hall–Kier alpha value is -0.830. The van der Waals surface area contributed by atoms with Crippen molar-refractivity contribution in [2.75, 3.05) is 19.6 Å². The fourth-order valence-corrected chi connectivity index (χ4v) is 3.30. The Labute approximate surface area is 117 Å². The van der Waals surface area contributed by atoms with Crippen LogP contribution in [0.5, 0.6) is 0 Å². The molecule has 0 aromatic rings. The van der Waals surface area contributed by atoms with Gasteiger partial charge in [-0.1, -0.05) is 18.6 Å². The zero-order valence-electron chi connectivity index (χ0n) is 12.3. The van der Waals surface area contributed by atoms with E-state index in [4.69, 9.17) is 0 Å². The molecule has 3 nitrogen and oxygen atoms in total. The lowest BCUT2D eigenvalue weighted by molar-refractivity contribution is -0.132. The molecule has 1 heterocycles. The third kappa shape index (κ3) is 3.82. The van der Waals surface area contributed by atoms with E-state index in [9.17, 15) is 4.79 Å². The molecule has 2 N–H and O–H groups in total. The lowest BCUT2D eigenvalue weighted by atomic mass is 9.76. The Balaban J connectivity index is 1.77. The van der Waals surface area contributed by atoms with Gasteiger partial charge in [0.05, 0.1) is 5.41 Å². The predicted octanol–water partition coefficient (Wildman–Crippen LogP) is 2.77. The van der Waals surface area contributed by atoms with Gasteiger partial charge in [-0.2, -0.15) is 0 Å². The van der Waals surface area contributed by atoms with Crippen LogP contribution in [0.3, 0.4) is 0 Å². The first-order valence-corrected chi connectivity index (χ1v) is 7.94. The smallest absolute Gasteiger partial charge is 0.226 e. The SMILES string of the molecule is CCC1(C(=O)NCCC2=CCCCC2)CCNCC1. The molecule has 19 heavy (non-hydrogen) atoms. The Bertz CT molecular complexity index is 330. The number of rotatable bonds is 5. The average molecular weight is 264 g/mol. The highest BCUT2D eigenvalue weighted by Crippen LogP contribution is 2.32.